The number of hydrogen-bond acceptors (Lipinski definition) is 4. The van der Waals surface area contributed by atoms with Crippen LogP contribution < -0.4 is 0 Å². The van der Waals surface area contributed by atoms with E-state index in [2.05, 4.69) is 144 Å². The van der Waals surface area contributed by atoms with Gasteiger partial charge in [-0.1, -0.05) is 158 Å². The van der Waals surface area contributed by atoms with Gasteiger partial charge in [-0.3, -0.25) is 0 Å². The predicted octanol–water partition coefficient (Wildman–Crippen LogP) is 13.2. The second-order valence-electron chi connectivity index (χ2n) is 14.0. The molecule has 0 aliphatic heterocycles. The summed E-state index contributed by atoms with van der Waals surface area (Å²) in [6.45, 7) is 0. The molecule has 3 aromatic heterocycles. The molecule has 0 amide bonds. The summed E-state index contributed by atoms with van der Waals surface area (Å²) in [7, 11) is 0. The SMILES string of the molecule is c1ccc(-c2cccc(-c3nc(-c4ccccc4)nc(-c4ccc5c6ccccc6n(-c6cc(-c7ccccc7)c7oc8ccccc8c7c6)c5c4)n3)c2)cc1. The quantitative estimate of drug-likeness (QED) is 0.172. The molecule has 0 unspecified atom stereocenters. The highest BCUT2D eigenvalue weighted by Crippen LogP contribution is 2.41. The number of fused-ring (bicyclic) bond motifs is 6. The van der Waals surface area contributed by atoms with E-state index in [1.807, 2.05) is 54.6 Å². The van der Waals surface area contributed by atoms with Crippen molar-refractivity contribution in [1.82, 2.24) is 19.5 Å². The van der Waals surface area contributed by atoms with Crippen LogP contribution in [0.1, 0.15) is 0 Å². The Morgan fingerprint density at radius 2 is 0.893 bits per heavy atom. The van der Waals surface area contributed by atoms with Gasteiger partial charge in [0.15, 0.2) is 17.5 Å². The highest BCUT2D eigenvalue weighted by Gasteiger charge is 2.20. The lowest BCUT2D eigenvalue weighted by molar-refractivity contribution is 0.670. The zero-order valence-corrected chi connectivity index (χ0v) is 30.2. The highest BCUT2D eigenvalue weighted by atomic mass is 16.3. The fraction of sp³-hybridized carbons (Fsp3) is 0. The number of rotatable bonds is 6. The first-order valence-electron chi connectivity index (χ1n) is 18.8. The summed E-state index contributed by atoms with van der Waals surface area (Å²) in [6, 6.07) is 67.4. The minimum atomic E-state index is 0.610. The van der Waals surface area contributed by atoms with E-state index in [1.165, 1.54) is 5.39 Å². The van der Waals surface area contributed by atoms with E-state index >= 15 is 0 Å². The third-order valence-corrected chi connectivity index (χ3v) is 10.6. The van der Waals surface area contributed by atoms with Crippen molar-refractivity contribution in [3.8, 4) is 62.1 Å². The Hall–Kier alpha value is -7.63. The maximum absolute atomic E-state index is 6.56. The summed E-state index contributed by atoms with van der Waals surface area (Å²) < 4.78 is 8.92. The average molecular weight is 717 g/mol. The van der Waals surface area contributed by atoms with Crippen molar-refractivity contribution < 1.29 is 4.42 Å². The largest absolute Gasteiger partial charge is 0.455 e. The number of benzene rings is 8. The maximum atomic E-state index is 6.56. The molecule has 5 heteroatoms. The van der Waals surface area contributed by atoms with Crippen LogP contribution in [0.15, 0.2) is 199 Å². The van der Waals surface area contributed by atoms with E-state index in [9.17, 15) is 0 Å². The van der Waals surface area contributed by atoms with Gasteiger partial charge in [-0.05, 0) is 53.1 Å². The zero-order chi connectivity index (χ0) is 37.0. The summed E-state index contributed by atoms with van der Waals surface area (Å²) in [5, 5.41) is 4.49. The van der Waals surface area contributed by atoms with E-state index in [4.69, 9.17) is 19.4 Å². The Balaban J connectivity index is 1.15. The van der Waals surface area contributed by atoms with Crippen molar-refractivity contribution in [3.05, 3.63) is 194 Å². The molecule has 0 saturated carbocycles. The normalized spacial score (nSPS) is 11.6. The Morgan fingerprint density at radius 3 is 1.64 bits per heavy atom. The summed E-state index contributed by atoms with van der Waals surface area (Å²) in [5.74, 6) is 1.86. The molecule has 3 heterocycles. The molecule has 0 N–H and O–H groups in total. The molecule has 0 aliphatic carbocycles. The molecular weight excluding hydrogens is 685 g/mol. The Bertz CT molecular complexity index is 3240. The van der Waals surface area contributed by atoms with Crippen molar-refractivity contribution in [2.24, 2.45) is 0 Å². The van der Waals surface area contributed by atoms with Crippen LogP contribution >= 0.6 is 0 Å². The lowest BCUT2D eigenvalue weighted by atomic mass is 10.0. The van der Waals surface area contributed by atoms with Crippen LogP contribution in [0.2, 0.25) is 0 Å². The Morgan fingerprint density at radius 1 is 0.339 bits per heavy atom. The van der Waals surface area contributed by atoms with Crippen molar-refractivity contribution in [1.29, 1.82) is 0 Å². The average Bonchev–Trinajstić information content (AvgIpc) is 3.82. The topological polar surface area (TPSA) is 56.7 Å². The van der Waals surface area contributed by atoms with Gasteiger partial charge in [0, 0.05) is 49.5 Å². The van der Waals surface area contributed by atoms with Gasteiger partial charge in [-0.2, -0.15) is 0 Å². The van der Waals surface area contributed by atoms with Crippen LogP contribution in [0.4, 0.5) is 0 Å². The van der Waals surface area contributed by atoms with Gasteiger partial charge in [0.05, 0.1) is 11.0 Å². The summed E-state index contributed by atoms with van der Waals surface area (Å²) in [5.41, 5.74) is 12.1. The second kappa shape index (κ2) is 13.0. The highest BCUT2D eigenvalue weighted by molar-refractivity contribution is 6.13. The molecule has 0 spiro atoms. The molecule has 262 valence electrons. The Kier molecular flexibility index (Phi) is 7.42. The fourth-order valence-corrected chi connectivity index (χ4v) is 7.98. The molecule has 0 radical (unpaired) electrons. The molecular formula is C51H32N4O. The van der Waals surface area contributed by atoms with Gasteiger partial charge < -0.3 is 8.98 Å². The van der Waals surface area contributed by atoms with E-state index in [0.29, 0.717) is 17.5 Å². The summed E-state index contributed by atoms with van der Waals surface area (Å²) in [4.78, 5) is 15.3. The number of hydrogen-bond donors (Lipinski definition) is 0. The fourth-order valence-electron chi connectivity index (χ4n) is 7.98. The lowest BCUT2D eigenvalue weighted by Crippen LogP contribution is -2.00. The third-order valence-electron chi connectivity index (χ3n) is 10.6. The van der Waals surface area contributed by atoms with Crippen molar-refractivity contribution in [3.63, 3.8) is 0 Å². The van der Waals surface area contributed by atoms with Crippen LogP contribution in [-0.2, 0) is 0 Å². The molecule has 11 aromatic rings. The molecule has 11 rings (SSSR count). The van der Waals surface area contributed by atoms with Gasteiger partial charge in [0.25, 0.3) is 0 Å². The monoisotopic (exact) mass is 716 g/mol. The molecule has 8 aromatic carbocycles. The van der Waals surface area contributed by atoms with Gasteiger partial charge >= 0.3 is 0 Å². The van der Waals surface area contributed by atoms with E-state index < -0.39 is 0 Å². The van der Waals surface area contributed by atoms with Crippen LogP contribution in [0, 0.1) is 0 Å². The first kappa shape index (κ1) is 31.9. The molecule has 0 aliphatic rings. The number of aromatic nitrogens is 4. The van der Waals surface area contributed by atoms with Crippen LogP contribution in [0.5, 0.6) is 0 Å². The molecule has 0 fully saturated rings. The third kappa shape index (κ3) is 5.37. The first-order chi connectivity index (χ1) is 27.7. The number of furan rings is 1. The lowest BCUT2D eigenvalue weighted by Gasteiger charge is -2.13. The standard InChI is InChI=1S/C51H32N4O/c1-4-15-33(16-5-1)36-21-14-22-37(29-36)50-52-49(35-19-8-3-9-20-35)53-51(54-50)38-27-28-41-40-23-10-12-25-45(40)55(46(41)30-38)39-31-43(34-17-6-2-7-18-34)48-44(32-39)42-24-11-13-26-47(42)56-48/h1-32H. The second-order valence-corrected chi connectivity index (χ2v) is 14.0. The van der Waals surface area contributed by atoms with Gasteiger partial charge in [0.1, 0.15) is 11.2 Å². The minimum Gasteiger partial charge on any atom is -0.455 e. The van der Waals surface area contributed by atoms with Gasteiger partial charge in [-0.15, -0.1) is 0 Å². The predicted molar refractivity (Wildman–Crippen MR) is 229 cm³/mol. The van der Waals surface area contributed by atoms with E-state index in [0.717, 1.165) is 83.0 Å². The molecule has 0 atom stereocenters. The van der Waals surface area contributed by atoms with Crippen molar-refractivity contribution in [2.75, 3.05) is 0 Å². The van der Waals surface area contributed by atoms with Crippen LogP contribution in [0.3, 0.4) is 0 Å². The summed E-state index contributed by atoms with van der Waals surface area (Å²) >= 11 is 0. The minimum absolute atomic E-state index is 0.610. The first-order valence-corrected chi connectivity index (χ1v) is 18.8. The zero-order valence-electron chi connectivity index (χ0n) is 30.2. The molecule has 5 nitrogen and oxygen atoms in total. The summed E-state index contributed by atoms with van der Waals surface area (Å²) in [6.07, 6.45) is 0. The number of para-hydroxylation sites is 2. The molecule has 0 bridgehead atoms. The van der Waals surface area contributed by atoms with E-state index in [1.54, 1.807) is 0 Å². The van der Waals surface area contributed by atoms with Gasteiger partial charge in [0.2, 0.25) is 0 Å². The molecule has 56 heavy (non-hydrogen) atoms. The molecule has 0 saturated heterocycles. The van der Waals surface area contributed by atoms with Gasteiger partial charge in [-0.25, -0.2) is 15.0 Å². The maximum Gasteiger partial charge on any atom is 0.164 e. The van der Waals surface area contributed by atoms with E-state index in [-0.39, 0.29) is 0 Å². The van der Waals surface area contributed by atoms with Crippen molar-refractivity contribution in [2.45, 2.75) is 0 Å². The van der Waals surface area contributed by atoms with Crippen LogP contribution in [0.25, 0.3) is 106 Å². The van der Waals surface area contributed by atoms with Crippen LogP contribution in [-0.4, -0.2) is 19.5 Å². The Labute approximate surface area is 322 Å². The number of nitrogens with zero attached hydrogens (tertiary/aromatic N) is 4. The van der Waals surface area contributed by atoms with Crippen molar-refractivity contribution >= 4 is 43.7 Å². The smallest absolute Gasteiger partial charge is 0.164 e.